The molecule has 2 N–H and O–H groups in total. The molecular weight excluding hydrogens is 350 g/mol. The molecule has 0 aliphatic rings. The Balaban J connectivity index is 1.85. The van der Waals surface area contributed by atoms with E-state index in [1.165, 1.54) is 6.21 Å². The highest BCUT2D eigenvalue weighted by atomic mass is 16.5. The summed E-state index contributed by atoms with van der Waals surface area (Å²) in [4.78, 5) is 33.9. The second-order valence-corrected chi connectivity index (χ2v) is 5.68. The summed E-state index contributed by atoms with van der Waals surface area (Å²) in [6.07, 6.45) is 1.34. The molecule has 2 amide bonds. The topological polar surface area (TPSA) is 120 Å². The van der Waals surface area contributed by atoms with Crippen LogP contribution in [0.5, 0.6) is 5.75 Å². The van der Waals surface area contributed by atoms with Crippen LogP contribution in [0.4, 0.5) is 5.69 Å². The van der Waals surface area contributed by atoms with Crippen molar-refractivity contribution in [3.63, 3.8) is 0 Å². The number of nitrogens with one attached hydrogen (secondary N) is 2. The molecule has 0 aliphatic carbocycles. The molecule has 0 fully saturated rings. The lowest BCUT2D eigenvalue weighted by Gasteiger charge is -2.07. The van der Waals surface area contributed by atoms with Crippen molar-refractivity contribution in [3.8, 4) is 5.75 Å². The van der Waals surface area contributed by atoms with E-state index in [0.717, 1.165) is 11.1 Å². The third-order valence-electron chi connectivity index (χ3n) is 3.59. The van der Waals surface area contributed by atoms with Gasteiger partial charge in [-0.15, -0.1) is 0 Å². The van der Waals surface area contributed by atoms with Gasteiger partial charge in [0, 0.05) is 5.69 Å². The van der Waals surface area contributed by atoms with Crippen LogP contribution in [0, 0.1) is 13.8 Å². The Morgan fingerprint density at radius 2 is 1.74 bits per heavy atom. The van der Waals surface area contributed by atoms with Crippen molar-refractivity contribution in [3.05, 3.63) is 59.2 Å². The van der Waals surface area contributed by atoms with Crippen LogP contribution >= 0.6 is 0 Å². The summed E-state index contributed by atoms with van der Waals surface area (Å²) < 4.78 is 4.94. The van der Waals surface area contributed by atoms with Crippen LogP contribution in [-0.4, -0.2) is 30.6 Å². The fraction of sp³-hybridized carbons (Fsp3) is 0.158. The van der Waals surface area contributed by atoms with Gasteiger partial charge in [-0.3, -0.25) is 9.59 Å². The standard InChI is InChI=1S/C19H19N3O5/c1-12-3-6-15(9-13(12)2)21-18(25)19(26)22-20-10-14-4-7-16(8-5-14)27-11-17(23)24/h3-10H,11H2,1-2H3,(H,21,25)(H,22,26)(H,23,24)/p-1/b20-10-. The van der Waals surface area contributed by atoms with Crippen LogP contribution in [0.25, 0.3) is 0 Å². The monoisotopic (exact) mass is 368 g/mol. The van der Waals surface area contributed by atoms with E-state index < -0.39 is 24.4 Å². The molecule has 0 heterocycles. The van der Waals surface area contributed by atoms with Crippen molar-refractivity contribution >= 4 is 29.7 Å². The highest BCUT2D eigenvalue weighted by Crippen LogP contribution is 2.14. The molecule has 27 heavy (non-hydrogen) atoms. The third-order valence-corrected chi connectivity index (χ3v) is 3.59. The van der Waals surface area contributed by atoms with Crippen LogP contribution < -0.4 is 20.6 Å². The average Bonchev–Trinajstić information content (AvgIpc) is 2.64. The molecule has 140 valence electrons. The number of rotatable bonds is 6. The number of carboxylic acids is 1. The van der Waals surface area contributed by atoms with Crippen LogP contribution in [0.15, 0.2) is 47.6 Å². The number of carboxylic acid groups (broad SMARTS) is 1. The van der Waals surface area contributed by atoms with E-state index in [1.54, 1.807) is 36.4 Å². The molecule has 2 aromatic carbocycles. The highest BCUT2D eigenvalue weighted by Gasteiger charge is 2.13. The molecule has 0 unspecified atom stereocenters. The van der Waals surface area contributed by atoms with Gasteiger partial charge >= 0.3 is 11.8 Å². The Kier molecular flexibility index (Phi) is 6.65. The molecule has 0 radical (unpaired) electrons. The lowest BCUT2D eigenvalue weighted by molar-refractivity contribution is -0.307. The number of amides is 2. The summed E-state index contributed by atoms with van der Waals surface area (Å²) in [6.45, 7) is 3.31. The van der Waals surface area contributed by atoms with Crippen molar-refractivity contribution < 1.29 is 24.2 Å². The quantitative estimate of drug-likeness (QED) is 0.438. The minimum atomic E-state index is -1.32. The molecule has 2 aromatic rings. The first-order valence-electron chi connectivity index (χ1n) is 7.99. The molecule has 0 aliphatic heterocycles. The van der Waals surface area contributed by atoms with Gasteiger partial charge in [0.2, 0.25) is 0 Å². The normalized spacial score (nSPS) is 10.4. The van der Waals surface area contributed by atoms with Gasteiger partial charge in [-0.05, 0) is 66.9 Å². The molecule has 0 saturated heterocycles. The molecule has 0 aromatic heterocycles. The predicted molar refractivity (Wildman–Crippen MR) is 97.2 cm³/mol. The minimum absolute atomic E-state index is 0.355. The van der Waals surface area contributed by atoms with Gasteiger partial charge in [0.15, 0.2) is 0 Å². The number of nitrogens with zero attached hydrogens (tertiary/aromatic N) is 1. The predicted octanol–water partition coefficient (Wildman–Crippen LogP) is 0.521. The lowest BCUT2D eigenvalue weighted by Crippen LogP contribution is -2.32. The molecule has 0 bridgehead atoms. The largest absolute Gasteiger partial charge is 0.546 e. The van der Waals surface area contributed by atoms with Crippen LogP contribution in [0.1, 0.15) is 16.7 Å². The molecule has 0 atom stereocenters. The molecule has 2 rings (SSSR count). The summed E-state index contributed by atoms with van der Waals surface area (Å²) >= 11 is 0. The summed E-state index contributed by atoms with van der Waals surface area (Å²) in [5.41, 5.74) is 5.35. The summed E-state index contributed by atoms with van der Waals surface area (Å²) in [5, 5.41) is 16.5. The second-order valence-electron chi connectivity index (χ2n) is 5.68. The van der Waals surface area contributed by atoms with Crippen molar-refractivity contribution in [2.24, 2.45) is 5.10 Å². The van der Waals surface area contributed by atoms with Gasteiger partial charge in [0.05, 0.1) is 12.2 Å². The van der Waals surface area contributed by atoms with Crippen LogP contribution in [0.2, 0.25) is 0 Å². The maximum atomic E-state index is 11.9. The average molecular weight is 368 g/mol. The first-order chi connectivity index (χ1) is 12.8. The van der Waals surface area contributed by atoms with Crippen molar-refractivity contribution in [2.45, 2.75) is 13.8 Å². The number of aliphatic carboxylic acids is 1. The smallest absolute Gasteiger partial charge is 0.329 e. The van der Waals surface area contributed by atoms with Crippen LogP contribution in [-0.2, 0) is 14.4 Å². The fourth-order valence-electron chi connectivity index (χ4n) is 2.02. The van der Waals surface area contributed by atoms with E-state index in [4.69, 9.17) is 4.74 Å². The molecule has 0 spiro atoms. The highest BCUT2D eigenvalue weighted by molar-refractivity contribution is 6.39. The summed E-state index contributed by atoms with van der Waals surface area (Å²) in [7, 11) is 0. The van der Waals surface area contributed by atoms with Gasteiger partial charge < -0.3 is 20.0 Å². The van der Waals surface area contributed by atoms with Gasteiger partial charge in [-0.1, -0.05) is 6.07 Å². The molecule has 8 heteroatoms. The van der Waals surface area contributed by atoms with E-state index in [9.17, 15) is 19.5 Å². The number of anilines is 1. The molecular formula is C19H18N3O5-. The second kappa shape index (κ2) is 9.14. The number of aryl methyl sites for hydroxylation is 2. The van der Waals surface area contributed by atoms with Crippen molar-refractivity contribution in [1.82, 2.24) is 5.43 Å². The number of ether oxygens (including phenoxy) is 1. The van der Waals surface area contributed by atoms with Gasteiger partial charge in [-0.25, -0.2) is 5.43 Å². The van der Waals surface area contributed by atoms with E-state index in [1.807, 2.05) is 19.9 Å². The zero-order valence-electron chi connectivity index (χ0n) is 14.8. The third kappa shape index (κ3) is 6.28. The number of carbonyl (C=O) groups excluding carboxylic acids is 3. The van der Waals surface area contributed by atoms with Gasteiger partial charge in [-0.2, -0.15) is 5.10 Å². The Morgan fingerprint density at radius 3 is 2.37 bits per heavy atom. The van der Waals surface area contributed by atoms with Crippen molar-refractivity contribution in [1.29, 1.82) is 0 Å². The molecule has 8 nitrogen and oxygen atoms in total. The van der Waals surface area contributed by atoms with Crippen molar-refractivity contribution in [2.75, 3.05) is 11.9 Å². The lowest BCUT2D eigenvalue weighted by atomic mass is 10.1. The first kappa shape index (κ1) is 19.6. The van der Waals surface area contributed by atoms with Crippen LogP contribution in [0.3, 0.4) is 0 Å². The number of hydrazone groups is 1. The molecule has 0 saturated carbocycles. The number of benzene rings is 2. The van der Waals surface area contributed by atoms with Gasteiger partial charge in [0.25, 0.3) is 0 Å². The van der Waals surface area contributed by atoms with E-state index >= 15 is 0 Å². The summed E-state index contributed by atoms with van der Waals surface area (Å²) in [5.74, 6) is -2.70. The fourth-order valence-corrected chi connectivity index (χ4v) is 2.02. The van der Waals surface area contributed by atoms with Gasteiger partial charge in [0.1, 0.15) is 12.4 Å². The summed E-state index contributed by atoms with van der Waals surface area (Å²) in [6, 6.07) is 11.6. The number of hydrogen-bond acceptors (Lipinski definition) is 6. The van der Waals surface area contributed by atoms with E-state index in [0.29, 0.717) is 17.0 Å². The van der Waals surface area contributed by atoms with E-state index in [2.05, 4.69) is 15.8 Å². The Morgan fingerprint density at radius 1 is 1.04 bits per heavy atom. The SMILES string of the molecule is Cc1ccc(NC(=O)C(=O)N/N=C\c2ccc(OCC(=O)[O-])cc2)cc1C. The minimum Gasteiger partial charge on any atom is -0.546 e. The number of carbonyl (C=O) groups is 3. The Labute approximate surface area is 155 Å². The maximum Gasteiger partial charge on any atom is 0.329 e. The number of hydrogen-bond donors (Lipinski definition) is 2. The zero-order valence-corrected chi connectivity index (χ0v) is 14.8. The zero-order chi connectivity index (χ0) is 19.8. The first-order valence-corrected chi connectivity index (χ1v) is 7.99. The maximum absolute atomic E-state index is 11.9. The van der Waals surface area contributed by atoms with E-state index in [-0.39, 0.29) is 0 Å². The Bertz CT molecular complexity index is 875. The Hall–Kier alpha value is -3.68.